The molecular weight excluding hydrogens is 284 g/mol. The summed E-state index contributed by atoms with van der Waals surface area (Å²) < 4.78 is 0. The summed E-state index contributed by atoms with van der Waals surface area (Å²) in [6, 6.07) is 6.08. The van der Waals surface area contributed by atoms with Crippen LogP contribution in [0.25, 0.3) is 0 Å². The molecule has 0 aliphatic heterocycles. The first-order chi connectivity index (χ1) is 9.76. The van der Waals surface area contributed by atoms with Crippen LogP contribution in [0.15, 0.2) is 18.2 Å². The molecule has 2 rings (SSSR count). The van der Waals surface area contributed by atoms with Gasteiger partial charge < -0.3 is 15.3 Å². The first-order valence-electron chi connectivity index (χ1n) is 7.68. The number of rotatable bonds is 5. The molecule has 0 radical (unpaired) electrons. The van der Waals surface area contributed by atoms with E-state index in [4.69, 9.17) is 11.6 Å². The number of nitrogens with one attached hydrogen (secondary N) is 1. The van der Waals surface area contributed by atoms with Crippen molar-refractivity contribution in [3.05, 3.63) is 28.8 Å². The minimum atomic E-state index is -0.0928. The van der Waals surface area contributed by atoms with Crippen molar-refractivity contribution in [2.24, 2.45) is 5.92 Å². The van der Waals surface area contributed by atoms with Gasteiger partial charge in [-0.25, -0.2) is 0 Å². The zero-order valence-corrected chi connectivity index (χ0v) is 14.2. The highest BCUT2D eigenvalue weighted by atomic mass is 35.5. The first-order valence-corrected chi connectivity index (χ1v) is 8.05. The third kappa shape index (κ3) is 4.60. The van der Waals surface area contributed by atoms with Gasteiger partial charge >= 0.3 is 0 Å². The third-order valence-electron chi connectivity index (χ3n) is 4.04. The molecular formula is C17H27ClN2O. The molecule has 2 N–H and O–H groups in total. The smallest absolute Gasteiger partial charge is 0.0546 e. The highest BCUT2D eigenvalue weighted by molar-refractivity contribution is 6.31. The largest absolute Gasteiger partial charge is 0.393 e. The van der Waals surface area contributed by atoms with Crippen LogP contribution in [0.3, 0.4) is 0 Å². The quantitative estimate of drug-likeness (QED) is 0.874. The molecule has 0 saturated heterocycles. The average Bonchev–Trinajstić information content (AvgIpc) is 2.34. The van der Waals surface area contributed by atoms with Crippen molar-refractivity contribution in [2.75, 3.05) is 18.5 Å². The van der Waals surface area contributed by atoms with E-state index in [1.807, 2.05) is 12.1 Å². The van der Waals surface area contributed by atoms with Gasteiger partial charge in [0.1, 0.15) is 0 Å². The molecule has 1 aliphatic rings. The first kappa shape index (κ1) is 16.6. The van der Waals surface area contributed by atoms with E-state index in [0.29, 0.717) is 5.92 Å². The van der Waals surface area contributed by atoms with E-state index in [1.54, 1.807) is 0 Å². The Labute approximate surface area is 133 Å². The van der Waals surface area contributed by atoms with Crippen LogP contribution in [0.1, 0.15) is 39.2 Å². The number of aliphatic hydroxyl groups is 1. The van der Waals surface area contributed by atoms with Crippen LogP contribution in [-0.2, 0) is 6.54 Å². The Morgan fingerprint density at radius 3 is 2.57 bits per heavy atom. The Kier molecular flexibility index (Phi) is 5.18. The van der Waals surface area contributed by atoms with Gasteiger partial charge in [-0.15, -0.1) is 0 Å². The normalized spacial score (nSPS) is 22.0. The second kappa shape index (κ2) is 6.55. The summed E-state index contributed by atoms with van der Waals surface area (Å²) >= 11 is 6.40. The maximum Gasteiger partial charge on any atom is 0.0546 e. The van der Waals surface area contributed by atoms with Gasteiger partial charge in [0.15, 0.2) is 0 Å². The van der Waals surface area contributed by atoms with Crippen molar-refractivity contribution in [1.29, 1.82) is 0 Å². The lowest BCUT2D eigenvalue weighted by Gasteiger charge is -2.36. The fourth-order valence-corrected chi connectivity index (χ4v) is 3.01. The number of hydrogen-bond acceptors (Lipinski definition) is 3. The molecule has 0 spiro atoms. The topological polar surface area (TPSA) is 35.5 Å². The molecule has 118 valence electrons. The van der Waals surface area contributed by atoms with E-state index in [9.17, 15) is 5.11 Å². The van der Waals surface area contributed by atoms with E-state index in [2.05, 4.69) is 44.1 Å². The lowest BCUT2D eigenvalue weighted by Crippen LogP contribution is -2.38. The van der Waals surface area contributed by atoms with Crippen LogP contribution in [-0.4, -0.2) is 30.3 Å². The van der Waals surface area contributed by atoms with E-state index in [-0.39, 0.29) is 11.6 Å². The van der Waals surface area contributed by atoms with Gasteiger partial charge in [0.05, 0.1) is 6.10 Å². The summed E-state index contributed by atoms with van der Waals surface area (Å²) in [5.41, 5.74) is 2.39. The van der Waals surface area contributed by atoms with Gasteiger partial charge in [-0.05, 0) is 51.7 Å². The van der Waals surface area contributed by atoms with E-state index >= 15 is 0 Å². The summed E-state index contributed by atoms with van der Waals surface area (Å²) in [6.45, 7) is 8.20. The Balaban J connectivity index is 2.08. The van der Waals surface area contributed by atoms with Crippen molar-refractivity contribution in [2.45, 2.75) is 51.8 Å². The predicted octanol–water partition coefficient (Wildman–Crippen LogP) is 3.44. The maximum absolute atomic E-state index is 9.42. The van der Waals surface area contributed by atoms with E-state index < -0.39 is 0 Å². The second-order valence-corrected chi connectivity index (χ2v) is 7.62. The van der Waals surface area contributed by atoms with Crippen molar-refractivity contribution >= 4 is 17.3 Å². The fourth-order valence-electron chi connectivity index (χ4n) is 2.77. The molecule has 3 nitrogen and oxygen atoms in total. The zero-order chi connectivity index (χ0) is 15.6. The molecule has 0 heterocycles. The number of hydrogen-bond donors (Lipinski definition) is 2. The monoisotopic (exact) mass is 310 g/mol. The SMILES string of the molecule is CN(CC1CC(O)C1)c1cccc(Cl)c1CNC(C)(C)C. The average molecular weight is 311 g/mol. The second-order valence-electron chi connectivity index (χ2n) is 7.21. The third-order valence-corrected chi connectivity index (χ3v) is 4.40. The highest BCUT2D eigenvalue weighted by Crippen LogP contribution is 2.32. The Hall–Kier alpha value is -0.770. The van der Waals surface area contributed by atoms with Crippen LogP contribution in [0, 0.1) is 5.92 Å². The molecule has 0 aromatic heterocycles. The molecule has 4 heteroatoms. The van der Waals surface area contributed by atoms with E-state index in [1.165, 1.54) is 5.69 Å². The number of aliphatic hydroxyl groups excluding tert-OH is 1. The predicted molar refractivity (Wildman–Crippen MR) is 90.0 cm³/mol. The van der Waals surface area contributed by atoms with Crippen molar-refractivity contribution in [3.8, 4) is 0 Å². The molecule has 1 aliphatic carbocycles. The Morgan fingerprint density at radius 2 is 2.00 bits per heavy atom. The lowest BCUT2D eigenvalue weighted by molar-refractivity contribution is 0.0464. The molecule has 1 aromatic rings. The van der Waals surface area contributed by atoms with Gasteiger partial charge in [0, 0.05) is 41.9 Å². The molecule has 1 aromatic carbocycles. The van der Waals surface area contributed by atoms with Crippen molar-refractivity contribution in [1.82, 2.24) is 5.32 Å². The van der Waals surface area contributed by atoms with Crippen LogP contribution in [0.5, 0.6) is 0 Å². The number of halogens is 1. The highest BCUT2D eigenvalue weighted by Gasteiger charge is 2.28. The van der Waals surface area contributed by atoms with Crippen LogP contribution in [0.2, 0.25) is 5.02 Å². The molecule has 21 heavy (non-hydrogen) atoms. The zero-order valence-electron chi connectivity index (χ0n) is 13.5. The van der Waals surface area contributed by atoms with Crippen LogP contribution in [0.4, 0.5) is 5.69 Å². The van der Waals surface area contributed by atoms with Crippen molar-refractivity contribution < 1.29 is 5.11 Å². The summed E-state index contributed by atoms with van der Waals surface area (Å²) in [5.74, 6) is 0.590. The summed E-state index contributed by atoms with van der Waals surface area (Å²) in [7, 11) is 2.11. The summed E-state index contributed by atoms with van der Waals surface area (Å²) in [4.78, 5) is 2.27. The van der Waals surface area contributed by atoms with Gasteiger partial charge in [-0.3, -0.25) is 0 Å². The molecule has 0 bridgehead atoms. The summed E-state index contributed by atoms with van der Waals surface area (Å²) in [5, 5.41) is 13.7. The number of benzene rings is 1. The van der Waals surface area contributed by atoms with Gasteiger partial charge in [-0.2, -0.15) is 0 Å². The van der Waals surface area contributed by atoms with Gasteiger partial charge in [0.2, 0.25) is 0 Å². The van der Waals surface area contributed by atoms with Gasteiger partial charge in [0.25, 0.3) is 0 Å². The van der Waals surface area contributed by atoms with Crippen LogP contribution < -0.4 is 10.2 Å². The lowest BCUT2D eigenvalue weighted by atomic mass is 9.82. The molecule has 1 fully saturated rings. The summed E-state index contributed by atoms with van der Waals surface area (Å²) in [6.07, 6.45) is 1.74. The molecule has 0 atom stereocenters. The fraction of sp³-hybridized carbons (Fsp3) is 0.647. The molecule has 0 unspecified atom stereocenters. The van der Waals surface area contributed by atoms with E-state index in [0.717, 1.165) is 36.5 Å². The van der Waals surface area contributed by atoms with Crippen LogP contribution >= 0.6 is 11.6 Å². The van der Waals surface area contributed by atoms with Crippen molar-refractivity contribution in [3.63, 3.8) is 0 Å². The Bertz CT molecular complexity index is 478. The molecule has 1 saturated carbocycles. The minimum Gasteiger partial charge on any atom is -0.393 e. The minimum absolute atomic E-state index is 0.0626. The maximum atomic E-state index is 9.42. The van der Waals surface area contributed by atoms with Gasteiger partial charge in [-0.1, -0.05) is 17.7 Å². The number of anilines is 1. The number of nitrogens with zero attached hydrogens (tertiary/aromatic N) is 1. The standard InChI is InChI=1S/C17H27ClN2O/c1-17(2,3)19-10-14-15(18)6-5-7-16(14)20(4)11-12-8-13(21)9-12/h5-7,12-13,19,21H,8-11H2,1-4H3. The Morgan fingerprint density at radius 1 is 1.33 bits per heavy atom. The molecule has 0 amide bonds.